The first kappa shape index (κ1) is 28.2. The summed E-state index contributed by atoms with van der Waals surface area (Å²) >= 11 is 11.5. The van der Waals surface area contributed by atoms with Gasteiger partial charge in [0.2, 0.25) is 0 Å². The van der Waals surface area contributed by atoms with Gasteiger partial charge in [0, 0.05) is 17.2 Å². The molecule has 0 spiro atoms. The van der Waals surface area contributed by atoms with E-state index in [-0.39, 0.29) is 31.1 Å². The van der Waals surface area contributed by atoms with Gasteiger partial charge in [-0.2, -0.15) is 0 Å². The quantitative estimate of drug-likeness (QED) is 0.204. The topological polar surface area (TPSA) is 89.6 Å². The van der Waals surface area contributed by atoms with E-state index in [1.807, 2.05) is 52.9 Å². The van der Waals surface area contributed by atoms with Crippen LogP contribution in [0.4, 0.5) is 0 Å². The van der Waals surface area contributed by atoms with Crippen LogP contribution in [0.3, 0.4) is 0 Å². The molecule has 2 aromatic carbocycles. The first-order valence-corrected chi connectivity index (χ1v) is 13.6. The summed E-state index contributed by atoms with van der Waals surface area (Å²) in [5, 5.41) is 27.6. The summed E-state index contributed by atoms with van der Waals surface area (Å²) in [6.45, 7) is 7.07. The molecular weight excluding hydrogens is 645 g/mol. The predicted octanol–water partition coefficient (Wildman–Crippen LogP) is 5.16. The molecule has 0 radical (unpaired) electrons. The van der Waals surface area contributed by atoms with Crippen molar-refractivity contribution in [1.29, 1.82) is 0 Å². The highest BCUT2D eigenvalue weighted by Gasteiger charge is 2.24. The van der Waals surface area contributed by atoms with Gasteiger partial charge in [-0.1, -0.05) is 44.2 Å². The van der Waals surface area contributed by atoms with Crippen molar-refractivity contribution in [3.05, 3.63) is 67.5 Å². The Balaban J connectivity index is 1.61. The smallest absolute Gasteiger partial charge is 0.149 e. The number of nitrogens with zero attached hydrogens (tertiary/aromatic N) is 3. The largest absolute Gasteiger partial charge is 0.492 e. The molecule has 0 unspecified atom stereocenters. The minimum Gasteiger partial charge on any atom is -0.492 e. The molecule has 0 amide bonds. The Kier molecular flexibility index (Phi) is 10.2. The van der Waals surface area contributed by atoms with E-state index >= 15 is 0 Å². The highest BCUT2D eigenvalue weighted by molar-refractivity contribution is 14.1. The Morgan fingerprint density at radius 3 is 2.43 bits per heavy atom. The van der Waals surface area contributed by atoms with Crippen molar-refractivity contribution in [2.45, 2.75) is 45.4 Å². The molecular formula is C25H30BrClIN3O4. The van der Waals surface area contributed by atoms with Crippen LogP contribution in [-0.2, 0) is 18.6 Å². The van der Waals surface area contributed by atoms with Gasteiger partial charge in [0.05, 0.1) is 29.9 Å². The molecule has 3 aromatic rings. The van der Waals surface area contributed by atoms with Crippen molar-refractivity contribution in [2.75, 3.05) is 19.1 Å². The standard InChI is InChI=1S/C25H30BrClIN3O4/c1-16(11-27)14-35-23-9-6-18(10-21(23)26)25(2,3)17-4-7-20(8-5-17)34-15-19(33)12-31-22(13-32)24(28)29-30-31/h4-10,16,19,32-33H,11-15H2,1-3H3/t16-,19-/m1/s1/i28-4. The van der Waals surface area contributed by atoms with Crippen molar-refractivity contribution >= 4 is 50.1 Å². The van der Waals surface area contributed by atoms with E-state index in [9.17, 15) is 10.2 Å². The summed E-state index contributed by atoms with van der Waals surface area (Å²) in [4.78, 5) is 0. The molecule has 0 saturated carbocycles. The Bertz CT molecular complexity index is 1110. The van der Waals surface area contributed by atoms with E-state index in [0.29, 0.717) is 27.6 Å². The maximum Gasteiger partial charge on any atom is 0.149 e. The summed E-state index contributed by atoms with van der Waals surface area (Å²) in [5.74, 6) is 2.31. The second-order valence-electron chi connectivity index (χ2n) is 9.00. The van der Waals surface area contributed by atoms with Crippen LogP contribution >= 0.6 is 50.1 Å². The lowest BCUT2D eigenvalue weighted by atomic mass is 9.78. The molecule has 0 saturated heterocycles. The number of hydrogen-bond donors (Lipinski definition) is 2. The van der Waals surface area contributed by atoms with Gasteiger partial charge < -0.3 is 19.7 Å². The van der Waals surface area contributed by atoms with E-state index in [4.69, 9.17) is 21.1 Å². The first-order chi connectivity index (χ1) is 16.6. The predicted molar refractivity (Wildman–Crippen MR) is 148 cm³/mol. The van der Waals surface area contributed by atoms with Gasteiger partial charge in [0.1, 0.15) is 27.9 Å². The summed E-state index contributed by atoms with van der Waals surface area (Å²) in [6, 6.07) is 14.0. The van der Waals surface area contributed by atoms with E-state index < -0.39 is 6.10 Å². The van der Waals surface area contributed by atoms with Crippen LogP contribution in [0.1, 0.15) is 37.6 Å². The fourth-order valence-electron chi connectivity index (χ4n) is 3.47. The van der Waals surface area contributed by atoms with Crippen LogP contribution in [0.5, 0.6) is 11.5 Å². The Hall–Kier alpha value is -1.40. The number of aliphatic hydroxyl groups excluding tert-OH is 2. The number of benzene rings is 2. The molecule has 1 aromatic heterocycles. The van der Waals surface area contributed by atoms with Gasteiger partial charge in [-0.15, -0.1) is 16.7 Å². The molecule has 7 nitrogen and oxygen atoms in total. The number of aliphatic hydroxyl groups is 2. The van der Waals surface area contributed by atoms with Gasteiger partial charge in [-0.25, -0.2) is 4.68 Å². The molecule has 10 heteroatoms. The van der Waals surface area contributed by atoms with Crippen LogP contribution in [0, 0.1) is 9.62 Å². The lowest BCUT2D eigenvalue weighted by Crippen LogP contribution is -2.25. The minimum atomic E-state index is -0.792. The van der Waals surface area contributed by atoms with E-state index in [2.05, 4.69) is 59.1 Å². The first-order valence-electron chi connectivity index (χ1n) is 11.2. The number of alkyl halides is 1. The van der Waals surface area contributed by atoms with Crippen LogP contribution in [0.25, 0.3) is 0 Å². The maximum absolute atomic E-state index is 10.3. The summed E-state index contributed by atoms with van der Waals surface area (Å²) < 4.78 is 14.7. The molecule has 0 aliphatic carbocycles. The van der Waals surface area contributed by atoms with Gasteiger partial charge in [-0.05, 0) is 73.9 Å². The third-order valence-corrected chi connectivity index (χ3v) is 7.77. The van der Waals surface area contributed by atoms with Crippen LogP contribution in [-0.4, -0.2) is 50.4 Å². The second kappa shape index (κ2) is 12.7. The average molecular weight is 675 g/mol. The number of rotatable bonds is 12. The molecule has 0 aliphatic heterocycles. The van der Waals surface area contributed by atoms with Gasteiger partial charge in [0.15, 0.2) is 0 Å². The zero-order chi connectivity index (χ0) is 25.6. The Morgan fingerprint density at radius 2 is 1.80 bits per heavy atom. The third-order valence-electron chi connectivity index (χ3n) is 5.78. The molecule has 0 bridgehead atoms. The van der Waals surface area contributed by atoms with Crippen LogP contribution in [0.2, 0.25) is 0 Å². The molecule has 1 heterocycles. The lowest BCUT2D eigenvalue weighted by Gasteiger charge is -2.27. The fraction of sp³-hybridized carbons (Fsp3) is 0.440. The third kappa shape index (κ3) is 7.31. The second-order valence-corrected chi connectivity index (χ2v) is 11.2. The van der Waals surface area contributed by atoms with Gasteiger partial charge in [-0.3, -0.25) is 0 Å². The fourth-order valence-corrected chi connectivity index (χ4v) is 4.60. The number of halogens is 3. The lowest BCUT2D eigenvalue weighted by molar-refractivity contribution is 0.0866. The van der Waals surface area contributed by atoms with Crippen molar-refractivity contribution in [2.24, 2.45) is 5.92 Å². The Labute approximate surface area is 233 Å². The van der Waals surface area contributed by atoms with E-state index in [1.165, 1.54) is 4.68 Å². The van der Waals surface area contributed by atoms with Crippen molar-refractivity contribution in [1.82, 2.24) is 15.0 Å². The highest BCUT2D eigenvalue weighted by Crippen LogP contribution is 2.36. The number of ether oxygens (including phenoxy) is 2. The van der Waals surface area contributed by atoms with Gasteiger partial charge >= 0.3 is 0 Å². The molecule has 190 valence electrons. The summed E-state index contributed by atoms with van der Waals surface area (Å²) in [5.41, 5.74) is 2.61. The van der Waals surface area contributed by atoms with Crippen molar-refractivity contribution in [3.8, 4) is 11.5 Å². The van der Waals surface area contributed by atoms with E-state index in [1.54, 1.807) is 0 Å². The summed E-state index contributed by atoms with van der Waals surface area (Å²) in [6.07, 6.45) is -0.792. The number of aromatic nitrogens is 3. The molecule has 0 aliphatic rings. The molecule has 2 atom stereocenters. The average Bonchev–Trinajstić information content (AvgIpc) is 3.20. The minimum absolute atomic E-state index is 0.0980. The molecule has 2 N–H and O–H groups in total. The monoisotopic (exact) mass is 673 g/mol. The van der Waals surface area contributed by atoms with Crippen molar-refractivity contribution in [3.63, 3.8) is 0 Å². The van der Waals surface area contributed by atoms with Gasteiger partial charge in [0.25, 0.3) is 0 Å². The van der Waals surface area contributed by atoms with Crippen LogP contribution in [0.15, 0.2) is 46.9 Å². The summed E-state index contributed by atoms with van der Waals surface area (Å²) in [7, 11) is 0. The zero-order valence-electron chi connectivity index (χ0n) is 19.9. The maximum atomic E-state index is 10.3. The molecule has 0 fully saturated rings. The zero-order valence-corrected chi connectivity index (χ0v) is 24.4. The van der Waals surface area contributed by atoms with Crippen molar-refractivity contribution < 1.29 is 19.7 Å². The normalized spacial score (nSPS) is 13.5. The Morgan fingerprint density at radius 1 is 1.11 bits per heavy atom. The van der Waals surface area contributed by atoms with Crippen LogP contribution < -0.4 is 9.47 Å². The highest BCUT2D eigenvalue weighted by atomic mass is 123. The van der Waals surface area contributed by atoms with E-state index in [0.717, 1.165) is 21.3 Å². The molecule has 3 rings (SSSR count). The number of hydrogen-bond acceptors (Lipinski definition) is 6. The SMILES string of the molecule is C[C@H](CCl)COc1ccc(C(C)(C)c2ccc(OC[C@H](O)Cn3nnc([123I])c3CO)cc2)cc1Br. The molecule has 35 heavy (non-hydrogen) atoms.